The predicted molar refractivity (Wildman–Crippen MR) is 68.8 cm³/mol. The van der Waals surface area contributed by atoms with E-state index in [0.29, 0.717) is 19.4 Å². The normalized spacial score (nSPS) is 18.1. The summed E-state index contributed by atoms with van der Waals surface area (Å²) in [4.78, 5) is 25.4. The summed E-state index contributed by atoms with van der Waals surface area (Å²) in [5.41, 5.74) is -0.154. The molecular formula is C14H16FNO4. The van der Waals surface area contributed by atoms with Crippen LogP contribution in [-0.2, 0) is 9.53 Å². The maximum atomic E-state index is 13.7. The lowest BCUT2D eigenvalue weighted by Gasteiger charge is -2.23. The molecule has 0 aromatic heterocycles. The van der Waals surface area contributed by atoms with Gasteiger partial charge in [0.05, 0.1) is 12.2 Å². The van der Waals surface area contributed by atoms with Crippen LogP contribution in [0.3, 0.4) is 0 Å². The first-order valence-electron chi connectivity index (χ1n) is 6.50. The maximum absolute atomic E-state index is 13.7. The number of carbonyl (C=O) groups excluding carboxylic acids is 2. The molecule has 1 aromatic rings. The van der Waals surface area contributed by atoms with Crippen LogP contribution in [0.2, 0.25) is 0 Å². The topological polar surface area (TPSA) is 66.8 Å². The van der Waals surface area contributed by atoms with Gasteiger partial charge in [-0.1, -0.05) is 0 Å². The van der Waals surface area contributed by atoms with Crippen LogP contribution in [0.5, 0.6) is 5.75 Å². The Morgan fingerprint density at radius 2 is 2.25 bits per heavy atom. The molecule has 6 heteroatoms. The molecule has 0 aliphatic carbocycles. The van der Waals surface area contributed by atoms with Gasteiger partial charge in [0, 0.05) is 12.6 Å². The van der Waals surface area contributed by atoms with Gasteiger partial charge in [-0.05, 0) is 31.9 Å². The van der Waals surface area contributed by atoms with Gasteiger partial charge < -0.3 is 14.7 Å². The zero-order valence-corrected chi connectivity index (χ0v) is 11.1. The molecule has 0 saturated carbocycles. The summed E-state index contributed by atoms with van der Waals surface area (Å²) in [5, 5.41) is 9.16. The molecule has 2 rings (SSSR count). The van der Waals surface area contributed by atoms with Crippen LogP contribution in [0.4, 0.5) is 4.39 Å². The lowest BCUT2D eigenvalue weighted by atomic mass is 10.1. The van der Waals surface area contributed by atoms with Crippen LogP contribution in [-0.4, -0.2) is 41.1 Å². The number of hydrogen-bond donors (Lipinski definition) is 1. The minimum atomic E-state index is -0.801. The number of likely N-dealkylation sites (tertiary alicyclic amines) is 1. The smallest absolute Gasteiger partial charge is 0.328 e. The number of nitrogens with zero attached hydrogens (tertiary/aromatic N) is 1. The largest absolute Gasteiger partial charge is 0.508 e. The fourth-order valence-corrected chi connectivity index (χ4v) is 2.33. The highest BCUT2D eigenvalue weighted by Crippen LogP contribution is 2.23. The molecule has 1 heterocycles. The number of hydrogen-bond acceptors (Lipinski definition) is 4. The predicted octanol–water partition coefficient (Wildman–Crippen LogP) is 1.70. The number of carbonyl (C=O) groups is 2. The Hall–Kier alpha value is -2.11. The molecule has 1 saturated heterocycles. The Morgan fingerprint density at radius 3 is 2.90 bits per heavy atom. The minimum absolute atomic E-state index is 0.154. The highest BCUT2D eigenvalue weighted by molar-refractivity contribution is 5.97. The third-order valence-electron chi connectivity index (χ3n) is 3.26. The third-order valence-corrected chi connectivity index (χ3v) is 3.26. The van der Waals surface area contributed by atoms with Crippen molar-refractivity contribution in [3.8, 4) is 5.75 Å². The highest BCUT2D eigenvalue weighted by Gasteiger charge is 2.36. The van der Waals surface area contributed by atoms with E-state index < -0.39 is 23.7 Å². The molecule has 108 valence electrons. The summed E-state index contributed by atoms with van der Waals surface area (Å²) in [6.07, 6.45) is 1.19. The van der Waals surface area contributed by atoms with Gasteiger partial charge >= 0.3 is 5.97 Å². The minimum Gasteiger partial charge on any atom is -0.508 e. The third kappa shape index (κ3) is 2.74. The van der Waals surface area contributed by atoms with Gasteiger partial charge in [-0.2, -0.15) is 0 Å². The Balaban J connectivity index is 2.21. The molecule has 5 nitrogen and oxygen atoms in total. The average molecular weight is 281 g/mol. The van der Waals surface area contributed by atoms with Crippen molar-refractivity contribution in [3.63, 3.8) is 0 Å². The summed E-state index contributed by atoms with van der Waals surface area (Å²) in [5.74, 6) is -2.07. The van der Waals surface area contributed by atoms with Crippen molar-refractivity contribution in [2.75, 3.05) is 13.2 Å². The first-order chi connectivity index (χ1) is 9.54. The molecule has 0 radical (unpaired) electrons. The molecule has 1 atom stereocenters. The molecule has 1 amide bonds. The van der Waals surface area contributed by atoms with Crippen molar-refractivity contribution in [3.05, 3.63) is 29.6 Å². The van der Waals surface area contributed by atoms with Gasteiger partial charge in [0.2, 0.25) is 0 Å². The van der Waals surface area contributed by atoms with Gasteiger partial charge in [-0.3, -0.25) is 4.79 Å². The number of benzene rings is 1. The van der Waals surface area contributed by atoms with Gasteiger partial charge in [0.25, 0.3) is 5.91 Å². The second-order valence-corrected chi connectivity index (χ2v) is 4.57. The summed E-state index contributed by atoms with van der Waals surface area (Å²) in [6.45, 7) is 2.33. The fourth-order valence-electron chi connectivity index (χ4n) is 2.33. The number of ether oxygens (including phenoxy) is 1. The lowest BCUT2D eigenvalue weighted by Crippen LogP contribution is -2.41. The zero-order chi connectivity index (χ0) is 14.7. The first kappa shape index (κ1) is 14.3. The summed E-state index contributed by atoms with van der Waals surface area (Å²) >= 11 is 0. The van der Waals surface area contributed by atoms with Crippen LogP contribution in [0.1, 0.15) is 30.1 Å². The number of amides is 1. The van der Waals surface area contributed by atoms with Crippen molar-refractivity contribution >= 4 is 11.9 Å². The second kappa shape index (κ2) is 5.90. The van der Waals surface area contributed by atoms with E-state index in [-0.39, 0.29) is 17.9 Å². The van der Waals surface area contributed by atoms with E-state index in [0.717, 1.165) is 6.07 Å². The van der Waals surface area contributed by atoms with E-state index in [2.05, 4.69) is 0 Å². The van der Waals surface area contributed by atoms with Crippen molar-refractivity contribution in [1.82, 2.24) is 4.90 Å². The van der Waals surface area contributed by atoms with E-state index >= 15 is 0 Å². The van der Waals surface area contributed by atoms with Crippen molar-refractivity contribution in [2.45, 2.75) is 25.8 Å². The highest BCUT2D eigenvalue weighted by atomic mass is 19.1. The van der Waals surface area contributed by atoms with E-state index in [1.165, 1.54) is 17.0 Å². The SMILES string of the molecule is CCOC(=O)C1CCCN1C(=O)c1ccc(O)cc1F. The Kier molecular flexibility index (Phi) is 4.22. The van der Waals surface area contributed by atoms with E-state index in [4.69, 9.17) is 9.84 Å². The van der Waals surface area contributed by atoms with Crippen LogP contribution in [0.25, 0.3) is 0 Å². The van der Waals surface area contributed by atoms with Gasteiger partial charge in [-0.15, -0.1) is 0 Å². The summed E-state index contributed by atoms with van der Waals surface area (Å²) in [7, 11) is 0. The first-order valence-corrected chi connectivity index (χ1v) is 6.50. The summed E-state index contributed by atoms with van der Waals surface area (Å²) in [6, 6.07) is 2.68. The Bertz CT molecular complexity index is 532. The van der Waals surface area contributed by atoms with Crippen LogP contribution in [0, 0.1) is 5.82 Å². The summed E-state index contributed by atoms with van der Waals surface area (Å²) < 4.78 is 18.6. The standard InChI is InChI=1S/C14H16FNO4/c1-2-20-14(19)12-4-3-7-16(12)13(18)10-6-5-9(17)8-11(10)15/h5-6,8,12,17H,2-4,7H2,1H3. The van der Waals surface area contributed by atoms with E-state index in [1.54, 1.807) is 6.92 Å². The molecule has 1 N–H and O–H groups in total. The number of esters is 1. The van der Waals surface area contributed by atoms with Gasteiger partial charge in [-0.25, -0.2) is 9.18 Å². The molecule has 0 bridgehead atoms. The van der Waals surface area contributed by atoms with Gasteiger partial charge in [0.15, 0.2) is 0 Å². The Morgan fingerprint density at radius 1 is 1.50 bits per heavy atom. The van der Waals surface area contributed by atoms with E-state index in [1.807, 2.05) is 0 Å². The van der Waals surface area contributed by atoms with E-state index in [9.17, 15) is 14.0 Å². The quantitative estimate of drug-likeness (QED) is 0.856. The number of aromatic hydroxyl groups is 1. The maximum Gasteiger partial charge on any atom is 0.328 e. The molecule has 1 aliphatic rings. The lowest BCUT2D eigenvalue weighted by molar-refractivity contribution is -0.147. The average Bonchev–Trinajstić information content (AvgIpc) is 2.87. The molecule has 1 fully saturated rings. The van der Waals surface area contributed by atoms with Crippen LogP contribution >= 0.6 is 0 Å². The molecule has 20 heavy (non-hydrogen) atoms. The van der Waals surface area contributed by atoms with Crippen LogP contribution in [0.15, 0.2) is 18.2 Å². The number of halogens is 1. The second-order valence-electron chi connectivity index (χ2n) is 4.57. The zero-order valence-electron chi connectivity index (χ0n) is 11.1. The molecule has 1 unspecified atom stereocenters. The van der Waals surface area contributed by atoms with Crippen molar-refractivity contribution < 1.29 is 23.8 Å². The molecular weight excluding hydrogens is 265 g/mol. The number of phenolic OH excluding ortho intramolecular Hbond substituents is 1. The molecule has 0 spiro atoms. The van der Waals surface area contributed by atoms with Crippen LogP contribution < -0.4 is 0 Å². The van der Waals surface area contributed by atoms with Gasteiger partial charge in [0.1, 0.15) is 17.6 Å². The van der Waals surface area contributed by atoms with Crippen molar-refractivity contribution in [2.24, 2.45) is 0 Å². The molecule has 1 aromatic carbocycles. The fraction of sp³-hybridized carbons (Fsp3) is 0.429. The molecule has 1 aliphatic heterocycles. The van der Waals surface area contributed by atoms with Crippen molar-refractivity contribution in [1.29, 1.82) is 0 Å². The number of phenols is 1. The monoisotopic (exact) mass is 281 g/mol. The number of rotatable bonds is 3. The Labute approximate surface area is 116 Å².